The summed E-state index contributed by atoms with van der Waals surface area (Å²) in [4.78, 5) is 16.8. The number of likely N-dealkylation sites (tertiary alicyclic amines) is 1. The van der Waals surface area contributed by atoms with Gasteiger partial charge < -0.3 is 5.32 Å². The van der Waals surface area contributed by atoms with Gasteiger partial charge in [-0.1, -0.05) is 59.6 Å². The van der Waals surface area contributed by atoms with Crippen LogP contribution >= 0.6 is 23.2 Å². The van der Waals surface area contributed by atoms with Crippen molar-refractivity contribution < 1.29 is 4.79 Å². The number of nitrogens with zero attached hydrogens (tertiary/aromatic N) is 2. The highest BCUT2D eigenvalue weighted by Gasteiger charge is 2.21. The first-order chi connectivity index (χ1) is 13.5. The molecular weight excluding hydrogens is 393 g/mol. The van der Waals surface area contributed by atoms with Gasteiger partial charge in [-0.05, 0) is 43.1 Å². The fraction of sp³-hybridized carbons (Fsp3) is 0.409. The summed E-state index contributed by atoms with van der Waals surface area (Å²) in [5.74, 6) is 0.0732. The third-order valence-electron chi connectivity index (χ3n) is 5.05. The molecule has 0 spiro atoms. The lowest BCUT2D eigenvalue weighted by molar-refractivity contribution is -0.123. The van der Waals surface area contributed by atoms with Crippen molar-refractivity contribution in [2.45, 2.75) is 32.0 Å². The van der Waals surface area contributed by atoms with Crippen molar-refractivity contribution in [3.63, 3.8) is 0 Å². The van der Waals surface area contributed by atoms with E-state index >= 15 is 0 Å². The van der Waals surface area contributed by atoms with Crippen LogP contribution < -0.4 is 5.32 Å². The number of rotatable bonds is 7. The van der Waals surface area contributed by atoms with Crippen LogP contribution in [-0.2, 0) is 17.9 Å². The Kier molecular flexibility index (Phi) is 7.74. The highest BCUT2D eigenvalue weighted by molar-refractivity contribution is 6.42. The van der Waals surface area contributed by atoms with E-state index in [1.165, 1.54) is 5.56 Å². The molecule has 1 aliphatic heterocycles. The van der Waals surface area contributed by atoms with E-state index in [1.54, 1.807) is 6.07 Å². The van der Waals surface area contributed by atoms with Gasteiger partial charge in [0.2, 0.25) is 5.91 Å². The summed E-state index contributed by atoms with van der Waals surface area (Å²) >= 11 is 12.0. The molecule has 0 atom stereocenters. The maximum Gasteiger partial charge on any atom is 0.234 e. The summed E-state index contributed by atoms with van der Waals surface area (Å²) in [6.45, 7) is 4.02. The summed E-state index contributed by atoms with van der Waals surface area (Å²) in [5, 5.41) is 4.27. The summed E-state index contributed by atoms with van der Waals surface area (Å²) < 4.78 is 0. The third kappa shape index (κ3) is 6.49. The van der Waals surface area contributed by atoms with E-state index in [-0.39, 0.29) is 11.9 Å². The second-order valence-electron chi connectivity index (χ2n) is 7.52. The zero-order chi connectivity index (χ0) is 19.9. The van der Waals surface area contributed by atoms with E-state index in [0.717, 1.165) is 38.0 Å². The second-order valence-corrected chi connectivity index (χ2v) is 8.34. The van der Waals surface area contributed by atoms with E-state index in [2.05, 4.69) is 34.5 Å². The number of hydrogen-bond acceptors (Lipinski definition) is 3. The van der Waals surface area contributed by atoms with E-state index in [0.29, 0.717) is 23.1 Å². The lowest BCUT2D eigenvalue weighted by Crippen LogP contribution is -2.46. The van der Waals surface area contributed by atoms with Gasteiger partial charge in [-0.15, -0.1) is 0 Å². The molecule has 4 nitrogen and oxygen atoms in total. The maximum absolute atomic E-state index is 12.4. The van der Waals surface area contributed by atoms with Gasteiger partial charge in [0, 0.05) is 32.2 Å². The predicted octanol–water partition coefficient (Wildman–Crippen LogP) is 4.21. The molecule has 0 radical (unpaired) electrons. The molecule has 1 heterocycles. The van der Waals surface area contributed by atoms with Crippen molar-refractivity contribution in [3.8, 4) is 0 Å². The highest BCUT2D eigenvalue weighted by Crippen LogP contribution is 2.23. The van der Waals surface area contributed by atoms with E-state index in [1.807, 2.05) is 30.1 Å². The minimum atomic E-state index is 0.0732. The first-order valence-corrected chi connectivity index (χ1v) is 10.4. The molecule has 3 rings (SSSR count). The van der Waals surface area contributed by atoms with Crippen LogP contribution in [0.25, 0.3) is 0 Å². The first kappa shape index (κ1) is 21.1. The van der Waals surface area contributed by atoms with E-state index in [4.69, 9.17) is 23.2 Å². The summed E-state index contributed by atoms with van der Waals surface area (Å²) in [5.41, 5.74) is 2.38. The molecule has 1 saturated heterocycles. The average molecular weight is 420 g/mol. The minimum absolute atomic E-state index is 0.0732. The van der Waals surface area contributed by atoms with Gasteiger partial charge in [0.05, 0.1) is 16.6 Å². The first-order valence-electron chi connectivity index (χ1n) is 9.67. The van der Waals surface area contributed by atoms with Gasteiger partial charge >= 0.3 is 0 Å². The summed E-state index contributed by atoms with van der Waals surface area (Å²) in [6.07, 6.45) is 1.99. The Morgan fingerprint density at radius 3 is 2.46 bits per heavy atom. The predicted molar refractivity (Wildman–Crippen MR) is 116 cm³/mol. The van der Waals surface area contributed by atoms with E-state index in [9.17, 15) is 4.79 Å². The van der Waals surface area contributed by atoms with Crippen LogP contribution in [0.2, 0.25) is 10.0 Å². The highest BCUT2D eigenvalue weighted by atomic mass is 35.5. The SMILES string of the molecule is CN(CC(=O)NC1CCN(Cc2ccccc2)CC1)Cc1ccc(Cl)c(Cl)c1. The van der Waals surface area contributed by atoms with Crippen LogP contribution in [0.3, 0.4) is 0 Å². The molecule has 1 fully saturated rings. The zero-order valence-electron chi connectivity index (χ0n) is 16.2. The standard InChI is InChI=1S/C22H27Cl2N3O/c1-26(14-18-7-8-20(23)21(24)13-18)16-22(28)25-19-9-11-27(12-10-19)15-17-5-3-2-4-6-17/h2-8,13,19H,9-12,14-16H2,1H3,(H,25,28). The van der Waals surface area contributed by atoms with Gasteiger partial charge in [-0.3, -0.25) is 14.6 Å². The number of carbonyl (C=O) groups excluding carboxylic acids is 1. The topological polar surface area (TPSA) is 35.6 Å². The van der Waals surface area contributed by atoms with Crippen molar-refractivity contribution >= 4 is 29.1 Å². The number of benzene rings is 2. The van der Waals surface area contributed by atoms with Gasteiger partial charge in [-0.2, -0.15) is 0 Å². The van der Waals surface area contributed by atoms with Crippen LogP contribution in [0.4, 0.5) is 0 Å². The molecule has 28 heavy (non-hydrogen) atoms. The number of amides is 1. The molecule has 6 heteroatoms. The molecule has 0 aromatic heterocycles. The Hall–Kier alpha value is -1.59. The lowest BCUT2D eigenvalue weighted by atomic mass is 10.0. The van der Waals surface area contributed by atoms with Gasteiger partial charge in [-0.25, -0.2) is 0 Å². The Labute approximate surface area is 177 Å². The second kappa shape index (κ2) is 10.3. The number of likely N-dealkylation sites (N-methyl/N-ethyl adjacent to an activating group) is 1. The number of carbonyl (C=O) groups is 1. The molecule has 0 saturated carbocycles. The molecule has 1 aliphatic rings. The van der Waals surface area contributed by atoms with Crippen LogP contribution in [0, 0.1) is 0 Å². The Morgan fingerprint density at radius 2 is 1.79 bits per heavy atom. The fourth-order valence-corrected chi connectivity index (χ4v) is 3.92. The van der Waals surface area contributed by atoms with E-state index < -0.39 is 0 Å². The fourth-order valence-electron chi connectivity index (χ4n) is 3.60. The average Bonchev–Trinajstić information content (AvgIpc) is 2.67. The number of halogens is 2. The molecule has 0 unspecified atom stereocenters. The van der Waals surface area contributed by atoms with Crippen molar-refractivity contribution in [2.24, 2.45) is 0 Å². The number of hydrogen-bond donors (Lipinski definition) is 1. The molecule has 2 aromatic carbocycles. The molecule has 1 amide bonds. The monoisotopic (exact) mass is 419 g/mol. The molecule has 2 aromatic rings. The van der Waals surface area contributed by atoms with Crippen LogP contribution in [-0.4, -0.2) is 48.4 Å². The zero-order valence-corrected chi connectivity index (χ0v) is 17.7. The molecule has 1 N–H and O–H groups in total. The molecule has 0 bridgehead atoms. The Bertz CT molecular complexity index is 777. The van der Waals surface area contributed by atoms with Crippen molar-refractivity contribution in [3.05, 3.63) is 69.7 Å². The molecular formula is C22H27Cl2N3O. The Balaban J connectivity index is 1.38. The van der Waals surface area contributed by atoms with Gasteiger partial charge in [0.15, 0.2) is 0 Å². The summed E-state index contributed by atoms with van der Waals surface area (Å²) in [6, 6.07) is 16.4. The largest absolute Gasteiger partial charge is 0.352 e. The third-order valence-corrected chi connectivity index (χ3v) is 5.79. The summed E-state index contributed by atoms with van der Waals surface area (Å²) in [7, 11) is 1.94. The van der Waals surface area contributed by atoms with Crippen LogP contribution in [0.5, 0.6) is 0 Å². The number of piperidine rings is 1. The molecule has 0 aliphatic carbocycles. The van der Waals surface area contributed by atoms with Crippen molar-refractivity contribution in [2.75, 3.05) is 26.7 Å². The maximum atomic E-state index is 12.4. The lowest BCUT2D eigenvalue weighted by Gasteiger charge is -2.32. The normalized spacial score (nSPS) is 15.7. The Morgan fingerprint density at radius 1 is 1.07 bits per heavy atom. The van der Waals surface area contributed by atoms with Crippen LogP contribution in [0.1, 0.15) is 24.0 Å². The number of nitrogens with one attached hydrogen (secondary N) is 1. The van der Waals surface area contributed by atoms with Gasteiger partial charge in [0.25, 0.3) is 0 Å². The minimum Gasteiger partial charge on any atom is -0.352 e. The van der Waals surface area contributed by atoms with Gasteiger partial charge in [0.1, 0.15) is 0 Å². The van der Waals surface area contributed by atoms with Crippen molar-refractivity contribution in [1.82, 2.24) is 15.1 Å². The van der Waals surface area contributed by atoms with Crippen LogP contribution in [0.15, 0.2) is 48.5 Å². The smallest absolute Gasteiger partial charge is 0.234 e. The quantitative estimate of drug-likeness (QED) is 0.729. The van der Waals surface area contributed by atoms with Crippen molar-refractivity contribution in [1.29, 1.82) is 0 Å². The molecule has 150 valence electrons.